The molecule has 1 aromatic carbocycles. The molecule has 0 aliphatic carbocycles. The van der Waals surface area contributed by atoms with Crippen LogP contribution in [0, 0.1) is 5.92 Å². The van der Waals surface area contributed by atoms with Gasteiger partial charge in [-0.2, -0.15) is 0 Å². The topological polar surface area (TPSA) is 58.4 Å². The molecule has 1 aliphatic heterocycles. The first-order valence-electron chi connectivity index (χ1n) is 8.48. The van der Waals surface area contributed by atoms with Crippen LogP contribution in [-0.4, -0.2) is 29.9 Å². The molecule has 1 saturated heterocycles. The zero-order chi connectivity index (χ0) is 16.1. The number of piperidine rings is 1. The van der Waals surface area contributed by atoms with Crippen molar-refractivity contribution in [1.82, 2.24) is 4.90 Å². The molecule has 122 valence electrons. The highest BCUT2D eigenvalue weighted by Crippen LogP contribution is 2.22. The van der Waals surface area contributed by atoms with E-state index in [0.717, 1.165) is 42.9 Å². The number of nitrogen functional groups attached to an aromatic ring is 1. The summed E-state index contributed by atoms with van der Waals surface area (Å²) in [7, 11) is 0. The summed E-state index contributed by atoms with van der Waals surface area (Å²) >= 11 is 0. The fraction of sp³-hybridized carbons (Fsp3) is 0.611. The molecule has 0 spiro atoms. The van der Waals surface area contributed by atoms with Crippen molar-refractivity contribution >= 4 is 17.3 Å². The maximum absolute atomic E-state index is 12.6. The molecule has 3 N–H and O–H groups in total. The van der Waals surface area contributed by atoms with E-state index in [1.165, 1.54) is 12.8 Å². The van der Waals surface area contributed by atoms with Crippen LogP contribution in [0.1, 0.15) is 45.6 Å². The van der Waals surface area contributed by atoms with Gasteiger partial charge in [-0.05, 0) is 55.8 Å². The summed E-state index contributed by atoms with van der Waals surface area (Å²) in [5, 5.41) is 3.04. The van der Waals surface area contributed by atoms with E-state index in [2.05, 4.69) is 31.0 Å². The highest BCUT2D eigenvalue weighted by atomic mass is 16.2. The monoisotopic (exact) mass is 303 g/mol. The number of carbonyl (C=O) groups is 1. The van der Waals surface area contributed by atoms with Crippen LogP contribution < -0.4 is 11.1 Å². The van der Waals surface area contributed by atoms with Crippen LogP contribution in [0.3, 0.4) is 0 Å². The predicted octanol–water partition coefficient (Wildman–Crippen LogP) is 3.28. The molecule has 1 aromatic rings. The van der Waals surface area contributed by atoms with Gasteiger partial charge in [0.15, 0.2) is 0 Å². The Kier molecular flexibility index (Phi) is 5.83. The molecule has 1 amide bonds. The molecule has 0 saturated carbocycles. The lowest BCUT2D eigenvalue weighted by molar-refractivity contribution is -0.122. The van der Waals surface area contributed by atoms with Crippen LogP contribution in [0.4, 0.5) is 11.4 Å². The Morgan fingerprint density at radius 1 is 1.45 bits per heavy atom. The van der Waals surface area contributed by atoms with Crippen LogP contribution >= 0.6 is 0 Å². The zero-order valence-corrected chi connectivity index (χ0v) is 14.1. The Morgan fingerprint density at radius 2 is 2.23 bits per heavy atom. The molecule has 0 bridgehead atoms. The Balaban J connectivity index is 2.04. The van der Waals surface area contributed by atoms with Gasteiger partial charge >= 0.3 is 0 Å². The lowest BCUT2D eigenvalue weighted by atomic mass is 9.97. The molecule has 1 aliphatic rings. The smallest absolute Gasteiger partial charge is 0.241 e. The number of nitrogens with one attached hydrogen (secondary N) is 1. The lowest BCUT2D eigenvalue weighted by Crippen LogP contribution is -2.48. The molecule has 1 heterocycles. The molecule has 2 rings (SSSR count). The summed E-state index contributed by atoms with van der Waals surface area (Å²) in [4.78, 5) is 14.9. The second-order valence-corrected chi connectivity index (χ2v) is 6.42. The zero-order valence-electron chi connectivity index (χ0n) is 14.1. The predicted molar refractivity (Wildman–Crippen MR) is 92.9 cm³/mol. The van der Waals surface area contributed by atoms with Crippen LogP contribution in [0.25, 0.3) is 0 Å². The van der Waals surface area contributed by atoms with Crippen LogP contribution in [0.5, 0.6) is 0 Å². The number of aryl methyl sites for hydroxylation is 1. The Hall–Kier alpha value is -1.55. The van der Waals surface area contributed by atoms with E-state index in [4.69, 9.17) is 5.73 Å². The number of benzene rings is 1. The fourth-order valence-corrected chi connectivity index (χ4v) is 3.34. The maximum atomic E-state index is 12.6. The average Bonchev–Trinajstić information content (AvgIpc) is 2.48. The van der Waals surface area contributed by atoms with Gasteiger partial charge in [0, 0.05) is 17.9 Å². The van der Waals surface area contributed by atoms with Gasteiger partial charge in [0.05, 0.1) is 6.04 Å². The number of rotatable bonds is 5. The van der Waals surface area contributed by atoms with Crippen molar-refractivity contribution in [2.45, 2.75) is 52.5 Å². The number of anilines is 2. The standard InChI is InChI=1S/C18H29N3O/c1-4-14-8-9-15(11-16(14)19)20-18(22)17(5-2)21-10-6-7-13(3)12-21/h8-9,11,13,17H,4-7,10,12,19H2,1-3H3,(H,20,22). The second kappa shape index (κ2) is 7.63. The van der Waals surface area contributed by atoms with E-state index >= 15 is 0 Å². The number of nitrogens with two attached hydrogens (primary N) is 1. The van der Waals surface area contributed by atoms with Crippen molar-refractivity contribution in [3.05, 3.63) is 23.8 Å². The number of carbonyl (C=O) groups excluding carboxylic acids is 1. The number of nitrogens with zero attached hydrogens (tertiary/aromatic N) is 1. The molecule has 4 heteroatoms. The molecule has 1 fully saturated rings. The van der Waals surface area contributed by atoms with Gasteiger partial charge in [0.2, 0.25) is 5.91 Å². The van der Waals surface area contributed by atoms with Crippen LogP contribution in [-0.2, 0) is 11.2 Å². The minimum Gasteiger partial charge on any atom is -0.398 e. The first kappa shape index (κ1) is 16.8. The van der Waals surface area contributed by atoms with Crippen LogP contribution in [0.2, 0.25) is 0 Å². The third-order valence-corrected chi connectivity index (χ3v) is 4.61. The first-order valence-corrected chi connectivity index (χ1v) is 8.48. The largest absolute Gasteiger partial charge is 0.398 e. The highest BCUT2D eigenvalue weighted by Gasteiger charge is 2.27. The number of hydrogen-bond donors (Lipinski definition) is 2. The molecular weight excluding hydrogens is 274 g/mol. The van der Waals surface area contributed by atoms with E-state index in [1.807, 2.05) is 18.2 Å². The van der Waals surface area contributed by atoms with E-state index in [0.29, 0.717) is 5.92 Å². The third kappa shape index (κ3) is 4.01. The Labute approximate surface area is 134 Å². The summed E-state index contributed by atoms with van der Waals surface area (Å²) in [5.74, 6) is 0.760. The van der Waals surface area contributed by atoms with E-state index in [-0.39, 0.29) is 11.9 Å². The van der Waals surface area contributed by atoms with Gasteiger partial charge in [-0.1, -0.05) is 26.8 Å². The highest BCUT2D eigenvalue weighted by molar-refractivity contribution is 5.95. The van der Waals surface area contributed by atoms with Crippen molar-refractivity contribution in [1.29, 1.82) is 0 Å². The Morgan fingerprint density at radius 3 is 2.82 bits per heavy atom. The minimum absolute atomic E-state index is 0.0465. The lowest BCUT2D eigenvalue weighted by Gasteiger charge is -2.36. The third-order valence-electron chi connectivity index (χ3n) is 4.61. The summed E-state index contributed by atoms with van der Waals surface area (Å²) in [6.45, 7) is 8.46. The van der Waals surface area contributed by atoms with Gasteiger partial charge in [-0.15, -0.1) is 0 Å². The number of likely N-dealkylation sites (tertiary alicyclic amines) is 1. The maximum Gasteiger partial charge on any atom is 0.241 e. The molecule has 0 radical (unpaired) electrons. The van der Waals surface area contributed by atoms with Gasteiger partial charge < -0.3 is 11.1 Å². The van der Waals surface area contributed by atoms with Gasteiger partial charge in [-0.25, -0.2) is 0 Å². The quantitative estimate of drug-likeness (QED) is 0.821. The molecule has 4 nitrogen and oxygen atoms in total. The molecule has 22 heavy (non-hydrogen) atoms. The normalized spacial score (nSPS) is 20.6. The number of amides is 1. The van der Waals surface area contributed by atoms with Crippen LogP contribution in [0.15, 0.2) is 18.2 Å². The molecule has 2 atom stereocenters. The van der Waals surface area contributed by atoms with Crippen molar-refractivity contribution in [3.63, 3.8) is 0 Å². The van der Waals surface area contributed by atoms with E-state index in [9.17, 15) is 4.79 Å². The molecule has 2 unspecified atom stereocenters. The van der Waals surface area contributed by atoms with E-state index < -0.39 is 0 Å². The number of hydrogen-bond acceptors (Lipinski definition) is 3. The summed E-state index contributed by atoms with van der Waals surface area (Å²) in [6.07, 6.45) is 4.19. The van der Waals surface area contributed by atoms with Gasteiger partial charge in [-0.3, -0.25) is 9.69 Å². The van der Waals surface area contributed by atoms with Gasteiger partial charge in [0.1, 0.15) is 0 Å². The fourth-order valence-electron chi connectivity index (χ4n) is 3.34. The first-order chi connectivity index (χ1) is 10.5. The molecular formula is C18H29N3O. The second-order valence-electron chi connectivity index (χ2n) is 6.42. The Bertz CT molecular complexity index is 515. The van der Waals surface area contributed by atoms with E-state index in [1.54, 1.807) is 0 Å². The summed E-state index contributed by atoms with van der Waals surface area (Å²) in [5.41, 5.74) is 8.68. The average molecular weight is 303 g/mol. The van der Waals surface area contributed by atoms with Crippen molar-refractivity contribution in [2.24, 2.45) is 5.92 Å². The summed E-state index contributed by atoms with van der Waals surface area (Å²) < 4.78 is 0. The van der Waals surface area contributed by atoms with Gasteiger partial charge in [0.25, 0.3) is 0 Å². The van der Waals surface area contributed by atoms with Crippen molar-refractivity contribution in [2.75, 3.05) is 24.1 Å². The van der Waals surface area contributed by atoms with Crippen molar-refractivity contribution in [3.8, 4) is 0 Å². The minimum atomic E-state index is -0.0465. The molecule has 0 aromatic heterocycles. The SMILES string of the molecule is CCc1ccc(NC(=O)C(CC)N2CCCC(C)C2)cc1N. The van der Waals surface area contributed by atoms with Crippen molar-refractivity contribution < 1.29 is 4.79 Å². The summed E-state index contributed by atoms with van der Waals surface area (Å²) in [6, 6.07) is 5.75.